The van der Waals surface area contributed by atoms with Gasteiger partial charge in [-0.3, -0.25) is 9.89 Å². The topological polar surface area (TPSA) is 79.9 Å². The number of aromatic nitrogens is 3. The van der Waals surface area contributed by atoms with Gasteiger partial charge in [0.2, 0.25) is 5.88 Å². The molecule has 0 saturated carbocycles. The van der Waals surface area contributed by atoms with Crippen molar-refractivity contribution in [2.24, 2.45) is 0 Å². The fourth-order valence-electron chi connectivity index (χ4n) is 2.76. The van der Waals surface area contributed by atoms with Gasteiger partial charge in [0.25, 0.3) is 5.91 Å². The first-order valence-electron chi connectivity index (χ1n) is 7.59. The monoisotopic (exact) mass is 300 g/mol. The normalized spacial score (nSPS) is 16.9. The number of carbonyl (C=O) groups is 1. The molecular formula is C16H20N4O2. The van der Waals surface area contributed by atoms with Crippen LogP contribution in [0.2, 0.25) is 0 Å². The Bertz CT molecular complexity index is 681. The molecule has 0 spiro atoms. The molecule has 6 nitrogen and oxygen atoms in total. The number of pyridine rings is 1. The molecule has 2 aromatic heterocycles. The molecule has 22 heavy (non-hydrogen) atoms. The first-order valence-corrected chi connectivity index (χ1v) is 7.59. The summed E-state index contributed by atoms with van der Waals surface area (Å²) < 4.78 is 5.49. The van der Waals surface area contributed by atoms with Gasteiger partial charge in [0.05, 0.1) is 12.8 Å². The molecule has 2 heterocycles. The lowest BCUT2D eigenvalue weighted by atomic mass is 9.93. The van der Waals surface area contributed by atoms with Crippen molar-refractivity contribution in [3.63, 3.8) is 0 Å². The molecule has 1 aliphatic rings. The molecule has 1 aliphatic carbocycles. The lowest BCUT2D eigenvalue weighted by Crippen LogP contribution is -2.39. The van der Waals surface area contributed by atoms with Crippen molar-refractivity contribution in [3.8, 4) is 5.88 Å². The van der Waals surface area contributed by atoms with Crippen molar-refractivity contribution in [2.75, 3.05) is 6.61 Å². The largest absolute Gasteiger partial charge is 0.477 e. The van der Waals surface area contributed by atoms with Gasteiger partial charge in [0, 0.05) is 17.4 Å². The van der Waals surface area contributed by atoms with Crippen LogP contribution in [0.15, 0.2) is 18.3 Å². The first kappa shape index (κ1) is 14.6. The lowest BCUT2D eigenvalue weighted by Gasteiger charge is -2.23. The third-order valence-electron chi connectivity index (χ3n) is 3.88. The second-order valence-electron chi connectivity index (χ2n) is 5.53. The number of aromatic amines is 1. The third-order valence-corrected chi connectivity index (χ3v) is 3.88. The van der Waals surface area contributed by atoms with Gasteiger partial charge >= 0.3 is 0 Å². The predicted octanol–water partition coefficient (Wildman–Crippen LogP) is 1.80. The second kappa shape index (κ2) is 6.17. The predicted molar refractivity (Wildman–Crippen MR) is 82.0 cm³/mol. The number of hydrogen-bond donors (Lipinski definition) is 2. The maximum Gasteiger partial charge on any atom is 0.256 e. The Hall–Kier alpha value is -2.37. The number of nitrogens with one attached hydrogen (secondary N) is 2. The van der Waals surface area contributed by atoms with Crippen molar-refractivity contribution in [1.82, 2.24) is 20.5 Å². The number of H-pyrrole nitrogens is 1. The van der Waals surface area contributed by atoms with Gasteiger partial charge in [-0.15, -0.1) is 0 Å². The summed E-state index contributed by atoms with van der Waals surface area (Å²) in [7, 11) is 0. The summed E-state index contributed by atoms with van der Waals surface area (Å²) in [6.45, 7) is 4.25. The molecule has 2 N–H and O–H groups in total. The first-order chi connectivity index (χ1) is 10.7. The molecule has 3 rings (SSSR count). The molecule has 0 bridgehead atoms. The minimum absolute atomic E-state index is 0.119. The summed E-state index contributed by atoms with van der Waals surface area (Å²) in [5, 5.41) is 10.1. The molecule has 0 saturated heterocycles. The van der Waals surface area contributed by atoms with Crippen molar-refractivity contribution < 1.29 is 9.53 Å². The van der Waals surface area contributed by atoms with Crippen LogP contribution in [0.5, 0.6) is 5.88 Å². The van der Waals surface area contributed by atoms with Crippen molar-refractivity contribution in [1.29, 1.82) is 0 Å². The average molecular weight is 300 g/mol. The molecule has 0 aliphatic heterocycles. The zero-order chi connectivity index (χ0) is 15.5. The standard InChI is InChI=1S/C16H20N4O2/c1-3-22-16-13(6-4-10(2)18-16)15(21)19-12-5-7-14-11(8-12)9-17-20-14/h4,6,9,12H,3,5,7-8H2,1-2H3,(H,17,20)(H,19,21)/t12-/m1/s1. The van der Waals surface area contributed by atoms with Crippen LogP contribution in [0.25, 0.3) is 0 Å². The Morgan fingerprint density at radius 2 is 2.36 bits per heavy atom. The summed E-state index contributed by atoms with van der Waals surface area (Å²) in [6, 6.07) is 3.72. The molecule has 1 amide bonds. The number of aryl methyl sites for hydroxylation is 2. The van der Waals surface area contributed by atoms with Crippen LogP contribution < -0.4 is 10.1 Å². The van der Waals surface area contributed by atoms with E-state index in [1.165, 1.54) is 11.3 Å². The Kier molecular flexibility index (Phi) is 4.09. The van der Waals surface area contributed by atoms with Crippen molar-refractivity contribution >= 4 is 5.91 Å². The molecule has 0 radical (unpaired) electrons. The van der Waals surface area contributed by atoms with Crippen LogP contribution in [-0.2, 0) is 12.8 Å². The Balaban J connectivity index is 1.72. The molecule has 0 unspecified atom stereocenters. The maximum atomic E-state index is 12.5. The number of carbonyl (C=O) groups excluding carboxylic acids is 1. The van der Waals surface area contributed by atoms with Crippen LogP contribution in [0, 0.1) is 6.92 Å². The average Bonchev–Trinajstić information content (AvgIpc) is 2.95. The van der Waals surface area contributed by atoms with E-state index in [0.29, 0.717) is 18.1 Å². The van der Waals surface area contributed by atoms with Crippen LogP contribution in [0.4, 0.5) is 0 Å². The van der Waals surface area contributed by atoms with Crippen LogP contribution in [0.3, 0.4) is 0 Å². The zero-order valence-corrected chi connectivity index (χ0v) is 12.8. The summed E-state index contributed by atoms with van der Waals surface area (Å²) >= 11 is 0. The fraction of sp³-hybridized carbons (Fsp3) is 0.438. The third kappa shape index (κ3) is 2.95. The Morgan fingerprint density at radius 3 is 3.18 bits per heavy atom. The Morgan fingerprint density at radius 1 is 1.50 bits per heavy atom. The van der Waals surface area contributed by atoms with Crippen LogP contribution in [0.1, 0.15) is 40.7 Å². The molecule has 2 aromatic rings. The minimum atomic E-state index is -0.132. The number of nitrogens with zero attached hydrogens (tertiary/aromatic N) is 2. The molecule has 6 heteroatoms. The molecule has 0 aromatic carbocycles. The highest BCUT2D eigenvalue weighted by atomic mass is 16.5. The molecule has 116 valence electrons. The lowest BCUT2D eigenvalue weighted by molar-refractivity contribution is 0.0929. The fourth-order valence-corrected chi connectivity index (χ4v) is 2.76. The second-order valence-corrected chi connectivity index (χ2v) is 5.53. The number of amides is 1. The molecular weight excluding hydrogens is 280 g/mol. The quantitative estimate of drug-likeness (QED) is 0.902. The van der Waals surface area contributed by atoms with E-state index in [9.17, 15) is 4.79 Å². The highest BCUT2D eigenvalue weighted by Crippen LogP contribution is 2.21. The van der Waals surface area contributed by atoms with E-state index in [4.69, 9.17) is 4.74 Å². The van der Waals surface area contributed by atoms with E-state index in [0.717, 1.165) is 25.0 Å². The van der Waals surface area contributed by atoms with E-state index < -0.39 is 0 Å². The molecule has 0 fully saturated rings. The van der Waals surface area contributed by atoms with Crippen LogP contribution in [-0.4, -0.2) is 33.7 Å². The minimum Gasteiger partial charge on any atom is -0.477 e. The van der Waals surface area contributed by atoms with Gasteiger partial charge in [-0.25, -0.2) is 4.98 Å². The number of fused-ring (bicyclic) bond motifs is 1. The van der Waals surface area contributed by atoms with Gasteiger partial charge < -0.3 is 10.1 Å². The number of hydrogen-bond acceptors (Lipinski definition) is 4. The number of rotatable bonds is 4. The van der Waals surface area contributed by atoms with Gasteiger partial charge in [0.1, 0.15) is 5.56 Å². The summed E-state index contributed by atoms with van der Waals surface area (Å²) in [6.07, 6.45) is 4.46. The van der Waals surface area contributed by atoms with E-state index in [-0.39, 0.29) is 11.9 Å². The van der Waals surface area contributed by atoms with Crippen LogP contribution >= 0.6 is 0 Å². The van der Waals surface area contributed by atoms with E-state index in [2.05, 4.69) is 20.5 Å². The van der Waals surface area contributed by atoms with E-state index in [1.807, 2.05) is 26.1 Å². The number of ether oxygens (including phenoxy) is 1. The van der Waals surface area contributed by atoms with E-state index >= 15 is 0 Å². The van der Waals surface area contributed by atoms with Gasteiger partial charge in [-0.1, -0.05) is 0 Å². The SMILES string of the molecule is CCOc1nc(C)ccc1C(=O)N[C@@H]1CCc2[nH]ncc2C1. The van der Waals surface area contributed by atoms with Gasteiger partial charge in [0.15, 0.2) is 0 Å². The molecule has 1 atom stereocenters. The van der Waals surface area contributed by atoms with Gasteiger partial charge in [-0.05, 0) is 50.8 Å². The van der Waals surface area contributed by atoms with Crippen molar-refractivity contribution in [2.45, 2.75) is 39.2 Å². The Labute approximate surface area is 129 Å². The summed E-state index contributed by atoms with van der Waals surface area (Å²) in [5.41, 5.74) is 3.69. The zero-order valence-electron chi connectivity index (χ0n) is 12.8. The smallest absolute Gasteiger partial charge is 0.256 e. The van der Waals surface area contributed by atoms with Crippen molar-refractivity contribution in [3.05, 3.63) is 40.8 Å². The van der Waals surface area contributed by atoms with E-state index in [1.54, 1.807) is 6.07 Å². The maximum absolute atomic E-state index is 12.5. The summed E-state index contributed by atoms with van der Waals surface area (Å²) in [4.78, 5) is 16.8. The highest BCUT2D eigenvalue weighted by molar-refractivity contribution is 5.96. The van der Waals surface area contributed by atoms with Gasteiger partial charge in [-0.2, -0.15) is 5.10 Å². The summed E-state index contributed by atoms with van der Waals surface area (Å²) in [5.74, 6) is 0.271. The highest BCUT2D eigenvalue weighted by Gasteiger charge is 2.23.